The summed E-state index contributed by atoms with van der Waals surface area (Å²) in [5, 5.41) is 13.6. The van der Waals surface area contributed by atoms with Crippen LogP contribution in [0.1, 0.15) is 127 Å². The predicted molar refractivity (Wildman–Crippen MR) is 186 cm³/mol. The largest absolute Gasteiger partial charge is 0.463 e. The van der Waals surface area contributed by atoms with Crippen LogP contribution in [0.5, 0.6) is 0 Å². The number of rotatable bonds is 17. The summed E-state index contributed by atoms with van der Waals surface area (Å²) in [6.45, 7) is 13.3. The van der Waals surface area contributed by atoms with Gasteiger partial charge in [0, 0.05) is 17.0 Å². The first kappa shape index (κ1) is 35.7. The van der Waals surface area contributed by atoms with Crippen molar-refractivity contribution in [2.75, 3.05) is 11.9 Å². The molecule has 1 atom stereocenters. The molecule has 0 spiro atoms. The number of amides is 3. The minimum atomic E-state index is -1.75. The Morgan fingerprint density at radius 1 is 0.978 bits per heavy atom. The van der Waals surface area contributed by atoms with Crippen molar-refractivity contribution in [1.82, 2.24) is 20.4 Å². The highest BCUT2D eigenvalue weighted by molar-refractivity contribution is 6.83. The average Bonchev–Trinajstić information content (AvgIpc) is 3.50. The Hall–Kier alpha value is -3.14. The van der Waals surface area contributed by atoms with Gasteiger partial charge in [-0.15, -0.1) is 0 Å². The van der Waals surface area contributed by atoms with E-state index in [0.29, 0.717) is 18.8 Å². The van der Waals surface area contributed by atoms with Crippen molar-refractivity contribution in [1.29, 1.82) is 0 Å². The van der Waals surface area contributed by atoms with E-state index in [1.165, 1.54) is 38.5 Å². The number of unbranched alkanes of at least 4 members (excludes halogenated alkanes) is 8. The molecule has 1 saturated carbocycles. The summed E-state index contributed by atoms with van der Waals surface area (Å²) in [7, 11) is -1.75. The van der Waals surface area contributed by atoms with Crippen molar-refractivity contribution < 1.29 is 19.1 Å². The van der Waals surface area contributed by atoms with Gasteiger partial charge < -0.3 is 20.3 Å². The van der Waals surface area contributed by atoms with Gasteiger partial charge in [0.1, 0.15) is 6.61 Å². The fourth-order valence-electron chi connectivity index (χ4n) is 6.98. The standard InChI is InChI=1S/C36H57N5O4Si/c1-7-8-9-10-11-12-13-14-18-22-30(42)45-26-29(27-20-16-15-17-21-27)37-34(44)41-25-28-31(35(41,2)3)39-40-32(28)38-33(43)36(23-19-24-36)46(4,5)6/h15-17,20-21,29H,7-14,18-19,22-26H2,1-6H3,(H,37,44)(H2,38,39,40,43)/t29-/m1/s1. The minimum Gasteiger partial charge on any atom is -0.463 e. The smallest absolute Gasteiger partial charge is 0.319 e. The van der Waals surface area contributed by atoms with Crippen LogP contribution in [0.4, 0.5) is 10.6 Å². The molecule has 2 aliphatic rings. The highest BCUT2D eigenvalue weighted by Crippen LogP contribution is 2.56. The number of benzene rings is 1. The third-order valence-corrected chi connectivity index (χ3v) is 14.0. The second kappa shape index (κ2) is 15.6. The molecule has 1 aromatic heterocycles. The molecular formula is C36H57N5O4Si. The lowest BCUT2D eigenvalue weighted by Gasteiger charge is -2.48. The number of nitrogens with one attached hydrogen (secondary N) is 3. The van der Waals surface area contributed by atoms with Crippen LogP contribution in [-0.2, 0) is 26.4 Å². The van der Waals surface area contributed by atoms with Crippen LogP contribution in [0.2, 0.25) is 24.7 Å². The van der Waals surface area contributed by atoms with Crippen LogP contribution in [0, 0.1) is 0 Å². The van der Waals surface area contributed by atoms with Crippen molar-refractivity contribution in [3.05, 3.63) is 47.2 Å². The monoisotopic (exact) mass is 651 g/mol. The van der Waals surface area contributed by atoms with E-state index in [1.54, 1.807) is 4.90 Å². The Labute approximate surface area is 277 Å². The number of aromatic nitrogens is 2. The fraction of sp³-hybridized carbons (Fsp3) is 0.667. The van der Waals surface area contributed by atoms with E-state index < -0.39 is 19.7 Å². The minimum absolute atomic E-state index is 0.0568. The van der Waals surface area contributed by atoms with E-state index in [1.807, 2.05) is 44.2 Å². The molecule has 0 bridgehead atoms. The van der Waals surface area contributed by atoms with E-state index in [0.717, 1.165) is 55.3 Å². The van der Waals surface area contributed by atoms with Crippen LogP contribution in [0.15, 0.2) is 30.3 Å². The summed E-state index contributed by atoms with van der Waals surface area (Å²) in [6, 6.07) is 8.86. The van der Waals surface area contributed by atoms with Gasteiger partial charge in [-0.2, -0.15) is 5.10 Å². The van der Waals surface area contributed by atoms with Crippen LogP contribution in [-0.4, -0.2) is 47.7 Å². The van der Waals surface area contributed by atoms with Crippen LogP contribution < -0.4 is 10.6 Å². The summed E-state index contributed by atoms with van der Waals surface area (Å²) >= 11 is 0. The van der Waals surface area contributed by atoms with Crippen molar-refractivity contribution in [2.45, 2.75) is 147 Å². The Bertz CT molecular complexity index is 1320. The van der Waals surface area contributed by atoms with E-state index in [9.17, 15) is 14.4 Å². The maximum absolute atomic E-state index is 13.8. The van der Waals surface area contributed by atoms with E-state index in [4.69, 9.17) is 4.74 Å². The van der Waals surface area contributed by atoms with Gasteiger partial charge in [-0.25, -0.2) is 4.79 Å². The van der Waals surface area contributed by atoms with E-state index >= 15 is 0 Å². The third-order valence-electron chi connectivity index (χ3n) is 10.4. The van der Waals surface area contributed by atoms with Gasteiger partial charge in [-0.1, -0.05) is 115 Å². The first-order valence-corrected chi connectivity index (χ1v) is 21.1. The molecule has 10 heteroatoms. The molecule has 1 aliphatic carbocycles. The number of urea groups is 1. The highest BCUT2D eigenvalue weighted by atomic mass is 28.3. The maximum Gasteiger partial charge on any atom is 0.319 e. The van der Waals surface area contributed by atoms with Crippen molar-refractivity contribution in [2.24, 2.45) is 0 Å². The molecule has 1 aromatic carbocycles. The summed E-state index contributed by atoms with van der Waals surface area (Å²) in [4.78, 5) is 41.8. The zero-order valence-electron chi connectivity index (χ0n) is 29.1. The predicted octanol–water partition coefficient (Wildman–Crippen LogP) is 8.58. The average molecular weight is 652 g/mol. The molecule has 254 valence electrons. The summed E-state index contributed by atoms with van der Waals surface area (Å²) < 4.78 is 5.70. The number of nitrogens with zero attached hydrogens (tertiary/aromatic N) is 2. The quantitative estimate of drug-likeness (QED) is 0.0900. The number of esters is 1. The zero-order chi connectivity index (χ0) is 33.4. The van der Waals surface area contributed by atoms with Crippen molar-refractivity contribution in [3.63, 3.8) is 0 Å². The lowest BCUT2D eigenvalue weighted by Crippen LogP contribution is -2.52. The number of hydrogen-bond donors (Lipinski definition) is 3. The Kier molecular flexibility index (Phi) is 12.1. The molecule has 1 aliphatic heterocycles. The lowest BCUT2D eigenvalue weighted by molar-refractivity contribution is -0.144. The summed E-state index contributed by atoms with van der Waals surface area (Å²) in [6.07, 6.45) is 14.0. The third kappa shape index (κ3) is 8.22. The molecule has 0 saturated heterocycles. The van der Waals surface area contributed by atoms with E-state index in [2.05, 4.69) is 47.4 Å². The Morgan fingerprint density at radius 2 is 1.61 bits per heavy atom. The van der Waals surface area contributed by atoms with Crippen molar-refractivity contribution >= 4 is 31.8 Å². The normalized spacial score (nSPS) is 17.1. The number of H-pyrrole nitrogens is 1. The van der Waals surface area contributed by atoms with Crippen LogP contribution >= 0.6 is 0 Å². The van der Waals surface area contributed by atoms with Gasteiger partial charge in [-0.3, -0.25) is 14.7 Å². The van der Waals surface area contributed by atoms with Gasteiger partial charge in [0.05, 0.1) is 31.9 Å². The summed E-state index contributed by atoms with van der Waals surface area (Å²) in [5.41, 5.74) is 1.84. The number of anilines is 1. The molecule has 9 nitrogen and oxygen atoms in total. The molecule has 0 unspecified atom stereocenters. The van der Waals surface area contributed by atoms with Gasteiger partial charge in [0.15, 0.2) is 5.82 Å². The van der Waals surface area contributed by atoms with Crippen molar-refractivity contribution in [3.8, 4) is 0 Å². The number of fused-ring (bicyclic) bond motifs is 1. The molecule has 4 rings (SSSR count). The first-order chi connectivity index (χ1) is 21.9. The topological polar surface area (TPSA) is 116 Å². The zero-order valence-corrected chi connectivity index (χ0v) is 30.1. The van der Waals surface area contributed by atoms with Gasteiger partial charge in [0.25, 0.3) is 0 Å². The number of carbonyl (C=O) groups is 3. The fourth-order valence-corrected chi connectivity index (χ4v) is 9.58. The first-order valence-electron chi connectivity index (χ1n) is 17.6. The Balaban J connectivity index is 1.33. The lowest BCUT2D eigenvalue weighted by atomic mass is 9.83. The molecule has 2 aromatic rings. The van der Waals surface area contributed by atoms with Crippen LogP contribution in [0.3, 0.4) is 0 Å². The molecule has 46 heavy (non-hydrogen) atoms. The van der Waals surface area contributed by atoms with Gasteiger partial charge in [-0.05, 0) is 38.7 Å². The number of aromatic amines is 1. The second-order valence-corrected chi connectivity index (χ2v) is 20.3. The molecule has 2 heterocycles. The molecule has 1 fully saturated rings. The van der Waals surface area contributed by atoms with Gasteiger partial charge >= 0.3 is 12.0 Å². The molecular weight excluding hydrogens is 595 g/mol. The SMILES string of the molecule is CCCCCCCCCCCC(=O)OC[C@@H](NC(=O)N1Cc2c(NC(=O)C3([Si](C)(C)C)CCC3)n[nH]c2C1(C)C)c1ccccc1. The molecule has 3 amide bonds. The van der Waals surface area contributed by atoms with Gasteiger partial charge in [0.2, 0.25) is 5.91 Å². The molecule has 3 N–H and O–H groups in total. The van der Waals surface area contributed by atoms with Crippen LogP contribution in [0.25, 0.3) is 0 Å². The number of hydrogen-bond acceptors (Lipinski definition) is 5. The molecule has 0 radical (unpaired) electrons. The number of ether oxygens (including phenoxy) is 1. The maximum atomic E-state index is 13.8. The summed E-state index contributed by atoms with van der Waals surface area (Å²) in [5.74, 6) is 0.336. The Morgan fingerprint density at radius 3 is 2.20 bits per heavy atom. The number of carbonyl (C=O) groups excluding carboxylic acids is 3. The highest BCUT2D eigenvalue weighted by Gasteiger charge is 2.54. The van der Waals surface area contributed by atoms with E-state index in [-0.39, 0.29) is 29.6 Å². The second-order valence-electron chi connectivity index (χ2n) is 14.9.